The van der Waals surface area contributed by atoms with Crippen LogP contribution in [0.3, 0.4) is 0 Å². The van der Waals surface area contributed by atoms with Gasteiger partial charge in [-0.15, -0.1) is 0 Å². The Bertz CT molecular complexity index is 2080. The van der Waals surface area contributed by atoms with E-state index in [1.807, 2.05) is 18.5 Å². The maximum Gasteiger partial charge on any atom is 0.0645 e. The Morgan fingerprint density at radius 3 is 2.17 bits per heavy atom. The van der Waals surface area contributed by atoms with Gasteiger partial charge in [0.05, 0.1) is 22.9 Å². The van der Waals surface area contributed by atoms with Crippen molar-refractivity contribution >= 4 is 21.8 Å². The highest BCUT2D eigenvalue weighted by molar-refractivity contribution is 6.13. The number of benzene rings is 5. The molecular weight excluding hydrogens is 484 g/mol. The van der Waals surface area contributed by atoms with Crippen molar-refractivity contribution in [1.29, 1.82) is 0 Å². The summed E-state index contributed by atoms with van der Waals surface area (Å²) in [7, 11) is 0. The summed E-state index contributed by atoms with van der Waals surface area (Å²) in [6, 6.07) is 44.3. The molecule has 1 aliphatic carbocycles. The van der Waals surface area contributed by atoms with Crippen LogP contribution in [0.25, 0.3) is 60.9 Å². The number of fused-ring (bicyclic) bond motifs is 6. The Morgan fingerprint density at radius 2 is 1.27 bits per heavy atom. The van der Waals surface area contributed by atoms with Crippen molar-refractivity contribution in [3.8, 4) is 39.1 Å². The van der Waals surface area contributed by atoms with Gasteiger partial charge in [-0.1, -0.05) is 105 Å². The number of para-hydroxylation sites is 2. The molecule has 0 saturated heterocycles. The first-order valence-corrected chi connectivity index (χ1v) is 13.9. The Labute approximate surface area is 234 Å². The van der Waals surface area contributed by atoms with Crippen LogP contribution in [0.1, 0.15) is 25.0 Å². The zero-order valence-electron chi connectivity index (χ0n) is 22.6. The van der Waals surface area contributed by atoms with Crippen LogP contribution < -0.4 is 0 Å². The average molecular weight is 513 g/mol. The van der Waals surface area contributed by atoms with Crippen molar-refractivity contribution in [3.63, 3.8) is 0 Å². The molecule has 0 aliphatic heterocycles. The molecule has 2 heteroatoms. The minimum atomic E-state index is -0.0181. The van der Waals surface area contributed by atoms with Gasteiger partial charge in [0.25, 0.3) is 0 Å². The predicted octanol–water partition coefficient (Wildman–Crippen LogP) is 9.82. The number of hydrogen-bond acceptors (Lipinski definition) is 1. The summed E-state index contributed by atoms with van der Waals surface area (Å²) in [5.74, 6) is 0. The van der Waals surface area contributed by atoms with Gasteiger partial charge in [-0.05, 0) is 69.3 Å². The highest BCUT2D eigenvalue weighted by Gasteiger charge is 2.35. The molecule has 1 aliphatic rings. The van der Waals surface area contributed by atoms with Crippen LogP contribution in [-0.2, 0) is 5.41 Å². The number of hydrogen-bond donors (Lipinski definition) is 0. The highest BCUT2D eigenvalue weighted by atomic mass is 15.0. The second-order valence-electron chi connectivity index (χ2n) is 11.3. The molecule has 40 heavy (non-hydrogen) atoms. The van der Waals surface area contributed by atoms with Gasteiger partial charge in [0.1, 0.15) is 0 Å². The minimum absolute atomic E-state index is 0.0181. The van der Waals surface area contributed by atoms with Crippen molar-refractivity contribution in [3.05, 3.63) is 145 Å². The summed E-state index contributed by atoms with van der Waals surface area (Å²) in [4.78, 5) is 4.44. The SMILES string of the molecule is CC1(C)c2ccccc2-c2ccc(-c3cccc(-c4cccc5c6ccccc6n(-c6cccnc6)c45)c3)cc21. The first-order valence-electron chi connectivity index (χ1n) is 13.9. The van der Waals surface area contributed by atoms with E-state index in [-0.39, 0.29) is 5.41 Å². The third kappa shape index (κ3) is 3.26. The Kier molecular flexibility index (Phi) is 4.90. The van der Waals surface area contributed by atoms with E-state index < -0.39 is 0 Å². The summed E-state index contributed by atoms with van der Waals surface area (Å²) in [5, 5.41) is 2.50. The van der Waals surface area contributed by atoms with Gasteiger partial charge < -0.3 is 4.57 Å². The Balaban J connectivity index is 1.32. The van der Waals surface area contributed by atoms with Crippen molar-refractivity contribution < 1.29 is 0 Å². The molecule has 0 radical (unpaired) electrons. The molecule has 2 nitrogen and oxygen atoms in total. The second kappa shape index (κ2) is 8.53. The van der Waals surface area contributed by atoms with Gasteiger partial charge in [0.2, 0.25) is 0 Å². The zero-order chi connectivity index (χ0) is 26.8. The first-order chi connectivity index (χ1) is 19.6. The quantitative estimate of drug-likeness (QED) is 0.230. The summed E-state index contributed by atoms with van der Waals surface area (Å²) in [6.45, 7) is 4.69. The van der Waals surface area contributed by atoms with Gasteiger partial charge >= 0.3 is 0 Å². The van der Waals surface area contributed by atoms with Crippen LogP contribution in [0.2, 0.25) is 0 Å². The number of nitrogens with zero attached hydrogens (tertiary/aromatic N) is 2. The molecule has 2 aromatic heterocycles. The van der Waals surface area contributed by atoms with Crippen molar-refractivity contribution in [2.24, 2.45) is 0 Å². The minimum Gasteiger partial charge on any atom is -0.307 e. The molecule has 0 atom stereocenters. The fraction of sp³-hybridized carbons (Fsp3) is 0.0789. The molecule has 0 unspecified atom stereocenters. The maximum atomic E-state index is 4.44. The first kappa shape index (κ1) is 23.0. The molecule has 190 valence electrons. The summed E-state index contributed by atoms with van der Waals surface area (Å²) in [6.07, 6.45) is 3.78. The van der Waals surface area contributed by atoms with Crippen LogP contribution >= 0.6 is 0 Å². The molecule has 0 spiro atoms. The van der Waals surface area contributed by atoms with E-state index in [9.17, 15) is 0 Å². The van der Waals surface area contributed by atoms with Crippen LogP contribution in [0.4, 0.5) is 0 Å². The number of aromatic nitrogens is 2. The van der Waals surface area contributed by atoms with E-state index in [1.54, 1.807) is 0 Å². The highest BCUT2D eigenvalue weighted by Crippen LogP contribution is 2.49. The summed E-state index contributed by atoms with van der Waals surface area (Å²) in [5.41, 5.74) is 13.9. The molecule has 0 saturated carbocycles. The van der Waals surface area contributed by atoms with E-state index in [2.05, 4.69) is 139 Å². The van der Waals surface area contributed by atoms with Gasteiger partial charge in [0, 0.05) is 27.9 Å². The smallest absolute Gasteiger partial charge is 0.0645 e. The summed E-state index contributed by atoms with van der Waals surface area (Å²) < 4.78 is 2.36. The van der Waals surface area contributed by atoms with Crippen molar-refractivity contribution in [2.75, 3.05) is 0 Å². The largest absolute Gasteiger partial charge is 0.307 e. The molecule has 0 amide bonds. The monoisotopic (exact) mass is 512 g/mol. The fourth-order valence-corrected chi connectivity index (χ4v) is 6.76. The van der Waals surface area contributed by atoms with E-state index in [0.29, 0.717) is 0 Å². The van der Waals surface area contributed by atoms with Gasteiger partial charge in [-0.25, -0.2) is 0 Å². The fourth-order valence-electron chi connectivity index (χ4n) is 6.76. The van der Waals surface area contributed by atoms with Crippen LogP contribution in [0.15, 0.2) is 134 Å². The van der Waals surface area contributed by atoms with Crippen molar-refractivity contribution in [2.45, 2.75) is 19.3 Å². The lowest BCUT2D eigenvalue weighted by molar-refractivity contribution is 0.660. The Hall–Kier alpha value is -4.95. The van der Waals surface area contributed by atoms with Gasteiger partial charge in [-0.3, -0.25) is 4.98 Å². The lowest BCUT2D eigenvalue weighted by Gasteiger charge is -2.22. The van der Waals surface area contributed by atoms with Gasteiger partial charge in [0.15, 0.2) is 0 Å². The summed E-state index contributed by atoms with van der Waals surface area (Å²) >= 11 is 0. The van der Waals surface area contributed by atoms with Crippen molar-refractivity contribution in [1.82, 2.24) is 9.55 Å². The number of rotatable bonds is 3. The molecule has 0 N–H and O–H groups in total. The van der Waals surface area contributed by atoms with Crippen LogP contribution in [0.5, 0.6) is 0 Å². The third-order valence-electron chi connectivity index (χ3n) is 8.69. The number of pyridine rings is 1. The Morgan fingerprint density at radius 1 is 0.550 bits per heavy atom. The molecule has 0 bridgehead atoms. The average Bonchev–Trinajstić information content (AvgIpc) is 3.47. The zero-order valence-corrected chi connectivity index (χ0v) is 22.6. The second-order valence-corrected chi connectivity index (χ2v) is 11.3. The van der Waals surface area contributed by atoms with E-state index in [0.717, 1.165) is 5.69 Å². The molecule has 8 rings (SSSR count). The van der Waals surface area contributed by atoms with E-state index in [4.69, 9.17) is 0 Å². The van der Waals surface area contributed by atoms with Crippen LogP contribution in [-0.4, -0.2) is 9.55 Å². The normalized spacial score (nSPS) is 13.4. The molecule has 0 fully saturated rings. The standard InChI is InChI=1S/C38H28N2/c1-38(2)34-17-5-3-13-30(34)31-20-19-26(23-35(31)38)25-10-7-11-27(22-25)29-15-8-16-33-32-14-4-6-18-36(32)40(37(29)33)28-12-9-21-39-24-28/h3-24H,1-2H3. The van der Waals surface area contributed by atoms with Crippen LogP contribution in [0, 0.1) is 0 Å². The molecule has 5 aromatic carbocycles. The predicted molar refractivity (Wildman–Crippen MR) is 167 cm³/mol. The van der Waals surface area contributed by atoms with E-state index in [1.165, 1.54) is 66.3 Å². The lowest BCUT2D eigenvalue weighted by Crippen LogP contribution is -2.14. The maximum absolute atomic E-state index is 4.44. The van der Waals surface area contributed by atoms with E-state index >= 15 is 0 Å². The molecule has 2 heterocycles. The molecular formula is C38H28N2. The third-order valence-corrected chi connectivity index (χ3v) is 8.69. The lowest BCUT2D eigenvalue weighted by atomic mass is 9.81. The van der Waals surface area contributed by atoms with Gasteiger partial charge in [-0.2, -0.15) is 0 Å². The topological polar surface area (TPSA) is 17.8 Å². The molecule has 7 aromatic rings.